The van der Waals surface area contributed by atoms with Crippen LogP contribution in [0.15, 0.2) is 42.6 Å². The van der Waals surface area contributed by atoms with Gasteiger partial charge in [-0.25, -0.2) is 4.39 Å². The molecule has 0 radical (unpaired) electrons. The van der Waals surface area contributed by atoms with Crippen molar-refractivity contribution in [3.05, 3.63) is 57.7 Å². The molecule has 0 spiro atoms. The predicted octanol–water partition coefficient (Wildman–Crippen LogP) is 3.44. The molecule has 0 bridgehead atoms. The maximum absolute atomic E-state index is 12.9. The van der Waals surface area contributed by atoms with Gasteiger partial charge in [-0.15, -0.1) is 0 Å². The molecule has 0 saturated heterocycles. The summed E-state index contributed by atoms with van der Waals surface area (Å²) in [7, 11) is 0. The molecule has 0 atom stereocenters. The molecule has 0 amide bonds. The minimum Gasteiger partial charge on any atom is -0.379 e. The number of nitrogens with one attached hydrogen (secondary N) is 1. The Morgan fingerprint density at radius 3 is 2.81 bits per heavy atom. The highest BCUT2D eigenvalue weighted by Gasteiger charge is 2.01. The van der Waals surface area contributed by atoms with Crippen LogP contribution >= 0.6 is 22.6 Å². The van der Waals surface area contributed by atoms with E-state index in [-0.39, 0.29) is 5.82 Å². The van der Waals surface area contributed by atoms with Crippen LogP contribution in [-0.4, -0.2) is 4.98 Å². The Bertz CT molecular complexity index is 474. The maximum Gasteiger partial charge on any atom is 0.124 e. The molecule has 2 nitrogen and oxygen atoms in total. The molecule has 0 unspecified atom stereocenters. The molecule has 82 valence electrons. The summed E-state index contributed by atoms with van der Waals surface area (Å²) in [5, 5.41) is 3.22. The molecule has 2 rings (SSSR count). The highest BCUT2D eigenvalue weighted by molar-refractivity contribution is 14.1. The van der Waals surface area contributed by atoms with Crippen LogP contribution in [0.4, 0.5) is 10.1 Å². The standard InChI is InChI=1S/C12H10FIN2/c13-9-4-5-12(11(14)7-9)16-8-10-3-1-2-6-15-10/h1-7,16H,8H2. The molecule has 0 fully saturated rings. The zero-order valence-electron chi connectivity index (χ0n) is 8.45. The third-order valence-electron chi connectivity index (χ3n) is 2.12. The number of nitrogens with zero attached hydrogens (tertiary/aromatic N) is 1. The summed E-state index contributed by atoms with van der Waals surface area (Å²) in [5.74, 6) is -0.215. The minimum absolute atomic E-state index is 0.215. The molecule has 0 aliphatic carbocycles. The Hall–Kier alpha value is -1.17. The van der Waals surface area contributed by atoms with E-state index in [0.717, 1.165) is 15.0 Å². The zero-order valence-corrected chi connectivity index (χ0v) is 10.6. The van der Waals surface area contributed by atoms with Crippen molar-refractivity contribution < 1.29 is 4.39 Å². The average Bonchev–Trinajstić information content (AvgIpc) is 2.29. The highest BCUT2D eigenvalue weighted by atomic mass is 127. The number of anilines is 1. The van der Waals surface area contributed by atoms with Gasteiger partial charge in [-0.2, -0.15) is 0 Å². The van der Waals surface area contributed by atoms with Gasteiger partial charge >= 0.3 is 0 Å². The van der Waals surface area contributed by atoms with Gasteiger partial charge in [0.25, 0.3) is 0 Å². The quantitative estimate of drug-likeness (QED) is 0.873. The number of aromatic nitrogens is 1. The van der Waals surface area contributed by atoms with Gasteiger partial charge in [-0.1, -0.05) is 6.07 Å². The highest BCUT2D eigenvalue weighted by Crippen LogP contribution is 2.19. The van der Waals surface area contributed by atoms with E-state index in [1.165, 1.54) is 12.1 Å². The smallest absolute Gasteiger partial charge is 0.124 e. The first kappa shape index (κ1) is 11.3. The largest absolute Gasteiger partial charge is 0.379 e. The predicted molar refractivity (Wildman–Crippen MR) is 70.7 cm³/mol. The second-order valence-electron chi connectivity index (χ2n) is 3.30. The first-order chi connectivity index (χ1) is 7.75. The van der Waals surface area contributed by atoms with E-state index in [1.54, 1.807) is 12.3 Å². The molecule has 1 aromatic heterocycles. The van der Waals surface area contributed by atoms with Crippen LogP contribution in [0.25, 0.3) is 0 Å². The molecule has 0 saturated carbocycles. The molecular weight excluding hydrogens is 318 g/mol. The Morgan fingerprint density at radius 1 is 1.25 bits per heavy atom. The summed E-state index contributed by atoms with van der Waals surface area (Å²) in [5.41, 5.74) is 1.88. The summed E-state index contributed by atoms with van der Waals surface area (Å²) in [6, 6.07) is 10.5. The van der Waals surface area contributed by atoms with Gasteiger partial charge in [0.05, 0.1) is 12.2 Å². The molecule has 16 heavy (non-hydrogen) atoms. The number of benzene rings is 1. The van der Waals surface area contributed by atoms with Gasteiger partial charge in [0, 0.05) is 15.5 Å². The summed E-state index contributed by atoms with van der Waals surface area (Å²) in [6.07, 6.45) is 1.76. The molecule has 0 aliphatic heterocycles. The van der Waals surface area contributed by atoms with Crippen LogP contribution in [-0.2, 0) is 6.54 Å². The first-order valence-electron chi connectivity index (χ1n) is 4.84. The van der Waals surface area contributed by atoms with E-state index in [2.05, 4.69) is 32.9 Å². The lowest BCUT2D eigenvalue weighted by Crippen LogP contribution is -2.02. The number of hydrogen-bond acceptors (Lipinski definition) is 2. The molecular formula is C12H10FIN2. The van der Waals surface area contributed by atoms with Crippen LogP contribution < -0.4 is 5.32 Å². The summed E-state index contributed by atoms with van der Waals surface area (Å²) >= 11 is 2.11. The van der Waals surface area contributed by atoms with E-state index < -0.39 is 0 Å². The second-order valence-corrected chi connectivity index (χ2v) is 4.46. The van der Waals surface area contributed by atoms with Crippen molar-refractivity contribution in [1.82, 2.24) is 4.98 Å². The average molecular weight is 328 g/mol. The van der Waals surface area contributed by atoms with E-state index in [0.29, 0.717) is 6.54 Å². The van der Waals surface area contributed by atoms with Crippen molar-refractivity contribution in [2.75, 3.05) is 5.32 Å². The Morgan fingerprint density at radius 2 is 2.12 bits per heavy atom. The second kappa shape index (κ2) is 5.25. The fraction of sp³-hybridized carbons (Fsp3) is 0.0833. The minimum atomic E-state index is -0.215. The number of hydrogen-bond donors (Lipinski definition) is 1. The van der Waals surface area contributed by atoms with Crippen molar-refractivity contribution in [1.29, 1.82) is 0 Å². The van der Waals surface area contributed by atoms with Crippen molar-refractivity contribution in [3.8, 4) is 0 Å². The number of rotatable bonds is 3. The van der Waals surface area contributed by atoms with Gasteiger partial charge in [-0.3, -0.25) is 4.98 Å². The molecule has 1 heterocycles. The Kier molecular flexibility index (Phi) is 3.71. The van der Waals surface area contributed by atoms with Gasteiger partial charge < -0.3 is 5.32 Å². The maximum atomic E-state index is 12.9. The van der Waals surface area contributed by atoms with Crippen molar-refractivity contribution in [2.45, 2.75) is 6.54 Å². The van der Waals surface area contributed by atoms with Crippen LogP contribution in [0.2, 0.25) is 0 Å². The summed E-state index contributed by atoms with van der Waals surface area (Å²) in [6.45, 7) is 0.641. The lowest BCUT2D eigenvalue weighted by atomic mass is 10.3. The normalized spacial score (nSPS) is 10.1. The lowest BCUT2D eigenvalue weighted by Gasteiger charge is -2.07. The van der Waals surface area contributed by atoms with Gasteiger partial charge in [0.15, 0.2) is 0 Å². The van der Waals surface area contributed by atoms with E-state index in [9.17, 15) is 4.39 Å². The first-order valence-corrected chi connectivity index (χ1v) is 5.92. The fourth-order valence-electron chi connectivity index (χ4n) is 1.32. The third kappa shape index (κ3) is 2.91. The monoisotopic (exact) mass is 328 g/mol. The van der Waals surface area contributed by atoms with Crippen LogP contribution in [0.5, 0.6) is 0 Å². The number of pyridine rings is 1. The van der Waals surface area contributed by atoms with Crippen LogP contribution in [0, 0.1) is 9.39 Å². The molecule has 1 aromatic carbocycles. The van der Waals surface area contributed by atoms with Gasteiger partial charge in [0.2, 0.25) is 0 Å². The van der Waals surface area contributed by atoms with Crippen LogP contribution in [0.1, 0.15) is 5.69 Å². The molecule has 2 aromatic rings. The Labute approximate surface area is 107 Å². The Balaban J connectivity index is 2.05. The van der Waals surface area contributed by atoms with E-state index >= 15 is 0 Å². The SMILES string of the molecule is Fc1ccc(NCc2ccccn2)c(I)c1. The molecule has 4 heteroatoms. The fourth-order valence-corrected chi connectivity index (χ4v) is 1.99. The number of halogens is 2. The lowest BCUT2D eigenvalue weighted by molar-refractivity contribution is 0.627. The van der Waals surface area contributed by atoms with E-state index in [1.807, 2.05) is 18.2 Å². The molecule has 1 N–H and O–H groups in total. The summed E-state index contributed by atoms with van der Waals surface area (Å²) < 4.78 is 13.7. The topological polar surface area (TPSA) is 24.9 Å². The van der Waals surface area contributed by atoms with Crippen molar-refractivity contribution in [2.24, 2.45) is 0 Å². The van der Waals surface area contributed by atoms with Crippen LogP contribution in [0.3, 0.4) is 0 Å². The van der Waals surface area contributed by atoms with Crippen molar-refractivity contribution >= 4 is 28.3 Å². The van der Waals surface area contributed by atoms with Crippen molar-refractivity contribution in [3.63, 3.8) is 0 Å². The zero-order chi connectivity index (χ0) is 11.4. The third-order valence-corrected chi connectivity index (χ3v) is 3.01. The van der Waals surface area contributed by atoms with Gasteiger partial charge in [0.1, 0.15) is 5.82 Å². The molecule has 0 aliphatic rings. The summed E-state index contributed by atoms with van der Waals surface area (Å²) in [4.78, 5) is 4.20. The van der Waals surface area contributed by atoms with Gasteiger partial charge in [-0.05, 0) is 52.9 Å². The van der Waals surface area contributed by atoms with E-state index in [4.69, 9.17) is 0 Å².